The molecule has 1 saturated heterocycles. The molecule has 32 heavy (non-hydrogen) atoms. The molecule has 5 nitrogen and oxygen atoms in total. The highest BCUT2D eigenvalue weighted by Crippen LogP contribution is 2.44. The topological polar surface area (TPSA) is 46.8 Å². The number of nitrogens with zero attached hydrogens (tertiary/aromatic N) is 3. The summed E-state index contributed by atoms with van der Waals surface area (Å²) in [6, 6.07) is 4.29. The van der Waals surface area contributed by atoms with E-state index in [9.17, 15) is 4.79 Å². The first kappa shape index (κ1) is 21.5. The zero-order valence-electron chi connectivity index (χ0n) is 19.4. The Balaban J connectivity index is 1.38. The maximum atomic E-state index is 13.5. The number of methoxy groups -OCH3 is 1. The van der Waals surface area contributed by atoms with Crippen LogP contribution in [0.25, 0.3) is 5.70 Å². The number of hydrogen-bond acceptors (Lipinski definition) is 3. The highest BCUT2D eigenvalue weighted by Gasteiger charge is 2.44. The number of ether oxygens (including phenoxy) is 1. The number of piperidine rings is 1. The van der Waals surface area contributed by atoms with E-state index in [4.69, 9.17) is 17.6 Å². The Kier molecular flexibility index (Phi) is 5.52. The number of carbonyl (C=O) groups is 1. The number of allylic oxidation sites excluding steroid dienone is 4. The Bertz CT molecular complexity index is 1040. The van der Waals surface area contributed by atoms with Crippen molar-refractivity contribution in [1.82, 2.24) is 9.47 Å². The highest BCUT2D eigenvalue weighted by atomic mass is 16.5. The van der Waals surface area contributed by atoms with Gasteiger partial charge in [0.25, 0.3) is 0 Å². The van der Waals surface area contributed by atoms with Crippen molar-refractivity contribution in [2.45, 2.75) is 63.4 Å². The number of fused-ring (bicyclic) bond motifs is 4. The molecule has 0 bridgehead atoms. The van der Waals surface area contributed by atoms with Crippen molar-refractivity contribution >= 4 is 25.2 Å². The van der Waals surface area contributed by atoms with Crippen molar-refractivity contribution in [2.75, 3.05) is 20.2 Å². The van der Waals surface area contributed by atoms with Crippen LogP contribution in [0.1, 0.15) is 51.6 Å². The van der Waals surface area contributed by atoms with Crippen LogP contribution in [-0.4, -0.2) is 55.2 Å². The molecule has 1 fully saturated rings. The quantitative estimate of drug-likeness (QED) is 0.674. The summed E-state index contributed by atoms with van der Waals surface area (Å²) in [5, 5.41) is 0. The first-order valence-corrected chi connectivity index (χ1v) is 11.9. The lowest BCUT2D eigenvalue weighted by molar-refractivity contribution is -0.129. The zero-order chi connectivity index (χ0) is 22.5. The lowest BCUT2D eigenvalue weighted by Gasteiger charge is -2.44. The molecule has 0 saturated carbocycles. The third kappa shape index (κ3) is 3.44. The minimum absolute atomic E-state index is 0.0408. The van der Waals surface area contributed by atoms with Gasteiger partial charge in [-0.1, -0.05) is 37.9 Å². The Hall–Kier alpha value is -2.34. The molecular weight excluding hydrogens is 397 g/mol. The van der Waals surface area contributed by atoms with Gasteiger partial charge in [0.1, 0.15) is 5.54 Å². The van der Waals surface area contributed by atoms with Crippen LogP contribution in [0.2, 0.25) is 5.82 Å². The fraction of sp³-hybridized carbons (Fsp3) is 0.538. The van der Waals surface area contributed by atoms with Crippen molar-refractivity contribution in [3.8, 4) is 0 Å². The van der Waals surface area contributed by atoms with Gasteiger partial charge in [0.05, 0.1) is 31.1 Å². The Morgan fingerprint density at radius 3 is 2.81 bits per heavy atom. The van der Waals surface area contributed by atoms with Gasteiger partial charge in [0.15, 0.2) is 0 Å². The number of aliphatic imine (C=N–C) groups is 1. The molecule has 1 aromatic rings. The van der Waals surface area contributed by atoms with Crippen molar-refractivity contribution in [2.24, 2.45) is 10.9 Å². The van der Waals surface area contributed by atoms with Crippen LogP contribution in [-0.2, 0) is 15.1 Å². The third-order valence-corrected chi connectivity index (χ3v) is 7.72. The second-order valence-electron chi connectivity index (χ2n) is 9.58. The van der Waals surface area contributed by atoms with E-state index in [0.717, 1.165) is 43.4 Å². The molecule has 3 unspecified atom stereocenters. The van der Waals surface area contributed by atoms with E-state index in [1.54, 1.807) is 7.11 Å². The number of aromatic nitrogens is 1. The number of rotatable bonds is 3. The molecule has 1 amide bonds. The van der Waals surface area contributed by atoms with Gasteiger partial charge in [0, 0.05) is 37.9 Å². The second kappa shape index (κ2) is 8.22. The van der Waals surface area contributed by atoms with E-state index in [0.29, 0.717) is 13.1 Å². The van der Waals surface area contributed by atoms with Crippen LogP contribution in [0, 0.1) is 5.92 Å². The SMILES string of the molecule is [B]C1C=C2C(=NC3(CCN(C(=O)C4=CC(CC)=CC(OC)C4C)CC3)c3cccn32)CC1. The molecule has 3 atom stereocenters. The maximum absolute atomic E-state index is 13.5. The monoisotopic (exact) mass is 429 g/mol. The zero-order valence-corrected chi connectivity index (χ0v) is 19.4. The van der Waals surface area contributed by atoms with Crippen LogP contribution in [0.5, 0.6) is 0 Å². The van der Waals surface area contributed by atoms with Gasteiger partial charge in [0.2, 0.25) is 5.91 Å². The number of carbonyl (C=O) groups excluding carboxylic acids is 1. The molecule has 6 heteroatoms. The molecule has 2 aliphatic heterocycles. The maximum Gasteiger partial charge on any atom is 0.250 e. The van der Waals surface area contributed by atoms with E-state index in [2.05, 4.69) is 55.0 Å². The summed E-state index contributed by atoms with van der Waals surface area (Å²) in [5.41, 5.74) is 5.35. The molecule has 1 spiro atoms. The van der Waals surface area contributed by atoms with E-state index >= 15 is 0 Å². The van der Waals surface area contributed by atoms with E-state index in [1.807, 2.05) is 4.90 Å². The van der Waals surface area contributed by atoms with Gasteiger partial charge in [-0.3, -0.25) is 9.79 Å². The average Bonchev–Trinajstić information content (AvgIpc) is 3.31. The Morgan fingerprint density at radius 2 is 2.09 bits per heavy atom. The highest BCUT2D eigenvalue weighted by molar-refractivity contribution is 6.24. The van der Waals surface area contributed by atoms with Gasteiger partial charge in [-0.05, 0) is 49.8 Å². The lowest BCUT2D eigenvalue weighted by Crippen LogP contribution is -2.48. The summed E-state index contributed by atoms with van der Waals surface area (Å²) in [6.07, 6.45) is 12.9. The van der Waals surface area contributed by atoms with Crippen LogP contribution in [0.3, 0.4) is 0 Å². The van der Waals surface area contributed by atoms with E-state index < -0.39 is 0 Å². The van der Waals surface area contributed by atoms with Crippen molar-refractivity contribution in [1.29, 1.82) is 0 Å². The minimum Gasteiger partial charge on any atom is -0.377 e. The lowest BCUT2D eigenvalue weighted by atomic mass is 9.76. The fourth-order valence-electron chi connectivity index (χ4n) is 5.72. The van der Waals surface area contributed by atoms with E-state index in [1.165, 1.54) is 17.0 Å². The predicted molar refractivity (Wildman–Crippen MR) is 129 cm³/mol. The van der Waals surface area contributed by atoms with Crippen LogP contribution < -0.4 is 0 Å². The van der Waals surface area contributed by atoms with Gasteiger partial charge in [-0.2, -0.15) is 0 Å². The van der Waals surface area contributed by atoms with Gasteiger partial charge >= 0.3 is 0 Å². The molecule has 166 valence electrons. The minimum atomic E-state index is -0.246. The molecular formula is C26H32BN3O2. The van der Waals surface area contributed by atoms with Crippen molar-refractivity contribution in [3.63, 3.8) is 0 Å². The van der Waals surface area contributed by atoms with Crippen molar-refractivity contribution < 1.29 is 9.53 Å². The molecule has 0 N–H and O–H groups in total. The van der Waals surface area contributed by atoms with Gasteiger partial charge < -0.3 is 14.2 Å². The van der Waals surface area contributed by atoms with Gasteiger partial charge in [-0.15, -0.1) is 0 Å². The summed E-state index contributed by atoms with van der Waals surface area (Å²) >= 11 is 0. The summed E-state index contributed by atoms with van der Waals surface area (Å²) in [7, 11) is 7.93. The molecule has 2 radical (unpaired) electrons. The number of hydrogen-bond donors (Lipinski definition) is 0. The number of likely N-dealkylation sites (tertiary alicyclic amines) is 1. The molecule has 3 heterocycles. The van der Waals surface area contributed by atoms with Crippen LogP contribution >= 0.6 is 0 Å². The summed E-state index contributed by atoms with van der Waals surface area (Å²) < 4.78 is 7.94. The largest absolute Gasteiger partial charge is 0.377 e. The van der Waals surface area contributed by atoms with Crippen LogP contribution in [0.4, 0.5) is 0 Å². The summed E-state index contributed by atoms with van der Waals surface area (Å²) in [5.74, 6) is 0.304. The van der Waals surface area contributed by atoms with E-state index in [-0.39, 0.29) is 29.3 Å². The van der Waals surface area contributed by atoms with Crippen LogP contribution in [0.15, 0.2) is 52.7 Å². The first-order chi connectivity index (χ1) is 15.5. The summed E-state index contributed by atoms with van der Waals surface area (Å²) in [6.45, 7) is 5.64. The molecule has 1 aromatic heterocycles. The summed E-state index contributed by atoms with van der Waals surface area (Å²) in [4.78, 5) is 20.9. The van der Waals surface area contributed by atoms with Gasteiger partial charge in [-0.25, -0.2) is 0 Å². The Labute approximate surface area is 192 Å². The van der Waals surface area contributed by atoms with Crippen molar-refractivity contribution in [3.05, 3.63) is 53.4 Å². The number of amides is 1. The predicted octanol–water partition coefficient (Wildman–Crippen LogP) is 4.28. The molecule has 4 aliphatic rings. The average molecular weight is 429 g/mol. The first-order valence-electron chi connectivity index (χ1n) is 11.9. The third-order valence-electron chi connectivity index (χ3n) is 7.72. The molecule has 2 aliphatic carbocycles. The standard InChI is InChI=1S/C26H32BN3O2/c1-4-18-14-20(17(2)23(15-18)32-3)25(31)29-12-9-26(10-13-29)24-6-5-11-30(24)22-16-19(27)7-8-21(22)28-26/h5-6,11,14-17,19,23H,4,7-10,12-13H2,1-3H3. The normalized spacial score (nSPS) is 28.8. The fourth-order valence-corrected chi connectivity index (χ4v) is 5.72. The molecule has 5 rings (SSSR count). The second-order valence-corrected chi connectivity index (χ2v) is 9.58. The Morgan fingerprint density at radius 1 is 1.31 bits per heavy atom. The smallest absolute Gasteiger partial charge is 0.250 e. The molecule has 0 aromatic carbocycles.